The number of aromatic nitrogens is 3. The number of hydrogen-bond donors (Lipinski definition) is 1. The summed E-state index contributed by atoms with van der Waals surface area (Å²) < 4.78 is 5.66. The maximum absolute atomic E-state index is 11.7. The van der Waals surface area contributed by atoms with Gasteiger partial charge < -0.3 is 19.9 Å². The van der Waals surface area contributed by atoms with Crippen molar-refractivity contribution < 1.29 is 9.53 Å². The van der Waals surface area contributed by atoms with Gasteiger partial charge in [-0.15, -0.1) is 0 Å². The van der Waals surface area contributed by atoms with Crippen LogP contribution in [0.25, 0.3) is 0 Å². The molecule has 1 amide bonds. The molecule has 1 saturated carbocycles. The zero-order valence-electron chi connectivity index (χ0n) is 20.5. The molecule has 3 aliphatic rings. The highest BCUT2D eigenvalue weighted by Gasteiger charge is 2.34. The molecule has 1 N–H and O–H groups in total. The van der Waals surface area contributed by atoms with Crippen LogP contribution in [0.15, 0.2) is 18.3 Å². The molecule has 0 aromatic carbocycles. The number of carbonyl (C=O) groups excluding carboxylic acids is 1. The quantitative estimate of drug-likeness (QED) is 0.718. The van der Waals surface area contributed by atoms with Gasteiger partial charge in [-0.05, 0) is 44.2 Å². The van der Waals surface area contributed by atoms with Gasteiger partial charge in [0.15, 0.2) is 0 Å². The van der Waals surface area contributed by atoms with E-state index in [1.165, 1.54) is 6.42 Å². The van der Waals surface area contributed by atoms with Gasteiger partial charge in [0, 0.05) is 58.8 Å². The van der Waals surface area contributed by atoms with Crippen LogP contribution in [0, 0.1) is 0 Å². The van der Waals surface area contributed by atoms with Crippen LogP contribution < -0.4 is 19.9 Å². The third-order valence-corrected chi connectivity index (χ3v) is 7.61. The zero-order valence-corrected chi connectivity index (χ0v) is 20.5. The first-order valence-electron chi connectivity index (χ1n) is 12.4. The van der Waals surface area contributed by atoms with Crippen LogP contribution in [0.3, 0.4) is 0 Å². The Hall–Kier alpha value is -2.94. The molecule has 5 rings (SSSR count). The van der Waals surface area contributed by atoms with Crippen molar-refractivity contribution in [3.05, 3.63) is 35.4 Å². The molecule has 0 radical (unpaired) electrons. The van der Waals surface area contributed by atoms with Crippen LogP contribution in [0.1, 0.15) is 53.5 Å². The third kappa shape index (κ3) is 4.41. The van der Waals surface area contributed by atoms with Gasteiger partial charge >= 0.3 is 0 Å². The van der Waals surface area contributed by atoms with E-state index in [2.05, 4.69) is 32.0 Å². The Kier molecular flexibility index (Phi) is 6.54. The SMILES string of the molecule is CNC(=O)c1ccc(N2CCN(C3CCC(c4nc(OC)c5c(n4)N(C)CCC5)C3)CC2)cn1. The zero-order chi connectivity index (χ0) is 23.7. The summed E-state index contributed by atoms with van der Waals surface area (Å²) in [6, 6.07) is 4.37. The van der Waals surface area contributed by atoms with Crippen LogP contribution >= 0.6 is 0 Å². The minimum Gasteiger partial charge on any atom is -0.481 e. The molecule has 9 nitrogen and oxygen atoms in total. The average molecular weight is 466 g/mol. The summed E-state index contributed by atoms with van der Waals surface area (Å²) in [4.78, 5) is 33.2. The van der Waals surface area contributed by atoms with E-state index in [0.717, 1.165) is 87.2 Å². The van der Waals surface area contributed by atoms with E-state index < -0.39 is 0 Å². The monoisotopic (exact) mass is 465 g/mol. The van der Waals surface area contributed by atoms with Gasteiger partial charge in [-0.2, -0.15) is 4.98 Å². The van der Waals surface area contributed by atoms with Gasteiger partial charge in [0.25, 0.3) is 5.91 Å². The number of ether oxygens (including phenoxy) is 1. The third-order valence-electron chi connectivity index (χ3n) is 7.61. The second-order valence-corrected chi connectivity index (χ2v) is 9.59. The van der Waals surface area contributed by atoms with E-state index >= 15 is 0 Å². The number of methoxy groups -OCH3 is 1. The summed E-state index contributed by atoms with van der Waals surface area (Å²) in [6.45, 7) is 5.04. The number of rotatable bonds is 5. The van der Waals surface area contributed by atoms with Crippen molar-refractivity contribution in [1.82, 2.24) is 25.2 Å². The van der Waals surface area contributed by atoms with Gasteiger partial charge in [-0.1, -0.05) is 0 Å². The number of pyridine rings is 1. The highest BCUT2D eigenvalue weighted by Crippen LogP contribution is 2.39. The van der Waals surface area contributed by atoms with Crippen LogP contribution in [0.4, 0.5) is 11.5 Å². The standard InChI is InChI=1S/C25H35N7O2/c1-26-24(33)21-9-8-19(16-27-21)32-13-11-31(12-14-32)18-7-6-17(15-18)22-28-23-20(25(29-22)34-3)5-4-10-30(23)2/h8-9,16-18H,4-7,10-15H2,1-3H3,(H,26,33). The van der Waals surface area contributed by atoms with Crippen molar-refractivity contribution in [2.45, 2.75) is 44.1 Å². The Balaban J connectivity index is 1.20. The fraction of sp³-hybridized carbons (Fsp3) is 0.600. The molecular formula is C25H35N7O2. The van der Waals surface area contributed by atoms with Crippen molar-refractivity contribution >= 4 is 17.4 Å². The summed E-state index contributed by atoms with van der Waals surface area (Å²) in [7, 11) is 5.46. The topological polar surface area (TPSA) is 86.7 Å². The Bertz CT molecular complexity index is 1020. The van der Waals surface area contributed by atoms with Crippen LogP contribution in [-0.4, -0.2) is 85.7 Å². The Morgan fingerprint density at radius 1 is 1.12 bits per heavy atom. The fourth-order valence-electron chi connectivity index (χ4n) is 5.66. The number of amides is 1. The van der Waals surface area contributed by atoms with Crippen molar-refractivity contribution in [3.63, 3.8) is 0 Å². The summed E-state index contributed by atoms with van der Waals surface area (Å²) in [5.74, 6) is 3.01. The summed E-state index contributed by atoms with van der Waals surface area (Å²) >= 11 is 0. The molecule has 0 bridgehead atoms. The predicted octanol–water partition coefficient (Wildman–Crippen LogP) is 2.08. The molecular weight excluding hydrogens is 430 g/mol. The number of carbonyl (C=O) groups is 1. The van der Waals surface area contributed by atoms with Crippen LogP contribution in [0.2, 0.25) is 0 Å². The van der Waals surface area contributed by atoms with Crippen molar-refractivity contribution in [2.24, 2.45) is 0 Å². The summed E-state index contributed by atoms with van der Waals surface area (Å²) in [5.41, 5.74) is 2.69. The molecule has 2 atom stereocenters. The first-order chi connectivity index (χ1) is 16.6. The van der Waals surface area contributed by atoms with Crippen LogP contribution in [-0.2, 0) is 6.42 Å². The maximum Gasteiger partial charge on any atom is 0.269 e. The lowest BCUT2D eigenvalue weighted by Crippen LogP contribution is -2.49. The van der Waals surface area contributed by atoms with Gasteiger partial charge in [-0.3, -0.25) is 9.69 Å². The van der Waals surface area contributed by atoms with E-state index in [9.17, 15) is 4.79 Å². The number of anilines is 2. The molecule has 0 spiro atoms. The molecule has 34 heavy (non-hydrogen) atoms. The molecule has 2 fully saturated rings. The van der Waals surface area contributed by atoms with E-state index in [-0.39, 0.29) is 5.91 Å². The Morgan fingerprint density at radius 3 is 2.65 bits per heavy atom. The Morgan fingerprint density at radius 2 is 1.94 bits per heavy atom. The number of hydrogen-bond acceptors (Lipinski definition) is 8. The Labute approximate surface area is 201 Å². The minimum absolute atomic E-state index is 0.153. The maximum atomic E-state index is 11.7. The molecule has 1 aliphatic carbocycles. The molecule has 2 unspecified atom stereocenters. The summed E-state index contributed by atoms with van der Waals surface area (Å²) in [6.07, 6.45) is 7.34. The van der Waals surface area contributed by atoms with Gasteiger partial charge in [-0.25, -0.2) is 9.97 Å². The van der Waals surface area contributed by atoms with Gasteiger partial charge in [0.1, 0.15) is 17.3 Å². The lowest BCUT2D eigenvalue weighted by atomic mass is 10.0. The van der Waals surface area contributed by atoms with Crippen molar-refractivity contribution in [2.75, 3.05) is 63.7 Å². The van der Waals surface area contributed by atoms with E-state index in [1.54, 1.807) is 20.2 Å². The molecule has 2 aliphatic heterocycles. The first-order valence-corrected chi connectivity index (χ1v) is 12.4. The van der Waals surface area contributed by atoms with Gasteiger partial charge in [0.2, 0.25) is 5.88 Å². The largest absolute Gasteiger partial charge is 0.481 e. The highest BCUT2D eigenvalue weighted by molar-refractivity contribution is 5.92. The normalized spacial score (nSPS) is 23.0. The number of nitrogens with zero attached hydrogens (tertiary/aromatic N) is 6. The van der Waals surface area contributed by atoms with E-state index in [4.69, 9.17) is 14.7 Å². The van der Waals surface area contributed by atoms with E-state index in [0.29, 0.717) is 17.7 Å². The van der Waals surface area contributed by atoms with Crippen LogP contribution in [0.5, 0.6) is 5.88 Å². The van der Waals surface area contributed by atoms with Gasteiger partial charge in [0.05, 0.1) is 24.6 Å². The molecule has 2 aromatic rings. The van der Waals surface area contributed by atoms with Crippen molar-refractivity contribution in [1.29, 1.82) is 0 Å². The predicted molar refractivity (Wildman–Crippen MR) is 132 cm³/mol. The second-order valence-electron chi connectivity index (χ2n) is 9.59. The van der Waals surface area contributed by atoms with E-state index in [1.807, 2.05) is 12.3 Å². The second kappa shape index (κ2) is 9.74. The number of fused-ring (bicyclic) bond motifs is 1. The fourth-order valence-corrected chi connectivity index (χ4v) is 5.66. The number of nitrogens with one attached hydrogen (secondary N) is 1. The average Bonchev–Trinajstić information content (AvgIpc) is 3.38. The molecule has 4 heterocycles. The first kappa shape index (κ1) is 22.8. The lowest BCUT2D eigenvalue weighted by Gasteiger charge is -2.39. The molecule has 9 heteroatoms. The van der Waals surface area contributed by atoms with Crippen molar-refractivity contribution in [3.8, 4) is 5.88 Å². The molecule has 1 saturated heterocycles. The smallest absolute Gasteiger partial charge is 0.269 e. The summed E-state index contributed by atoms with van der Waals surface area (Å²) in [5, 5.41) is 2.62. The lowest BCUT2D eigenvalue weighted by molar-refractivity contribution is 0.0958. The highest BCUT2D eigenvalue weighted by atomic mass is 16.5. The molecule has 2 aromatic heterocycles. The molecule has 182 valence electrons. The minimum atomic E-state index is -0.153. The number of piperazine rings is 1.